The Morgan fingerprint density at radius 2 is 1.06 bits per heavy atom. The molecule has 0 aliphatic rings. The molecule has 4 heteroatoms. The van der Waals surface area contributed by atoms with Crippen molar-refractivity contribution in [3.63, 3.8) is 0 Å². The van der Waals surface area contributed by atoms with E-state index in [-0.39, 0.29) is 11.6 Å². The Morgan fingerprint density at radius 1 is 0.562 bits per heavy atom. The zero-order valence-electron chi connectivity index (χ0n) is 17.4. The van der Waals surface area contributed by atoms with Crippen LogP contribution in [0, 0.1) is 0 Å². The topological polar surface area (TPSA) is 60.4 Å². The van der Waals surface area contributed by atoms with E-state index in [0.717, 1.165) is 5.56 Å². The maximum absolute atomic E-state index is 13.3. The van der Waals surface area contributed by atoms with Crippen molar-refractivity contribution in [2.24, 2.45) is 0 Å². The van der Waals surface area contributed by atoms with E-state index < -0.39 is 5.97 Å². The summed E-state index contributed by atoms with van der Waals surface area (Å²) in [5.41, 5.74) is 3.82. The van der Waals surface area contributed by atoms with Crippen LogP contribution in [0.5, 0.6) is 0 Å². The van der Waals surface area contributed by atoms with Crippen LogP contribution in [0.1, 0.15) is 42.2 Å². The van der Waals surface area contributed by atoms with Crippen molar-refractivity contribution in [1.82, 2.24) is 0 Å². The summed E-state index contributed by atoms with van der Waals surface area (Å²) in [6.07, 6.45) is 0. The monoisotopic (exact) mass is 420 g/mol. The Kier molecular flexibility index (Phi) is 6.04. The zero-order valence-corrected chi connectivity index (χ0v) is 17.4. The highest BCUT2D eigenvalue weighted by molar-refractivity contribution is 6.14. The fraction of sp³-hybridized carbons (Fsp3) is 0.0357. The average molecular weight is 420 g/mol. The number of benzene rings is 4. The van der Waals surface area contributed by atoms with Gasteiger partial charge in [0.2, 0.25) is 0 Å². The molecule has 0 aliphatic carbocycles. The molecule has 4 aromatic rings. The van der Waals surface area contributed by atoms with Crippen LogP contribution in [0.3, 0.4) is 0 Å². The van der Waals surface area contributed by atoms with Crippen molar-refractivity contribution in [3.8, 4) is 11.1 Å². The van der Waals surface area contributed by atoms with Gasteiger partial charge in [0.25, 0.3) is 0 Å². The molecule has 0 atom stereocenters. The first-order chi connectivity index (χ1) is 15.6. The standard InChI is InChI=1S/C28H20O4/c1-32-28(31)23-16-17-24(25(18-23)27(30)21-10-6-3-7-11-21)19-12-14-22(15-13-19)26(29)20-8-4-2-5-9-20/h2-18H,1H3. The van der Waals surface area contributed by atoms with Gasteiger partial charge in [0.1, 0.15) is 0 Å². The lowest BCUT2D eigenvalue weighted by Crippen LogP contribution is -2.08. The van der Waals surface area contributed by atoms with Crippen LogP contribution in [0.25, 0.3) is 11.1 Å². The van der Waals surface area contributed by atoms with Gasteiger partial charge in [-0.25, -0.2) is 4.79 Å². The zero-order chi connectivity index (χ0) is 22.5. The molecule has 0 bridgehead atoms. The molecule has 0 amide bonds. The summed E-state index contributed by atoms with van der Waals surface area (Å²) in [4.78, 5) is 38.0. The number of ether oxygens (including phenoxy) is 1. The van der Waals surface area contributed by atoms with Gasteiger partial charge in [-0.3, -0.25) is 9.59 Å². The molecule has 0 aliphatic heterocycles. The first-order valence-corrected chi connectivity index (χ1v) is 10.1. The molecule has 4 rings (SSSR count). The third-order valence-electron chi connectivity index (χ3n) is 5.22. The quantitative estimate of drug-likeness (QED) is 0.301. The van der Waals surface area contributed by atoms with Gasteiger partial charge in [0.15, 0.2) is 11.6 Å². The van der Waals surface area contributed by atoms with Crippen molar-refractivity contribution in [1.29, 1.82) is 0 Å². The molecule has 0 saturated heterocycles. The van der Waals surface area contributed by atoms with Crippen molar-refractivity contribution < 1.29 is 19.1 Å². The molecule has 4 aromatic carbocycles. The molecular formula is C28H20O4. The molecule has 0 N–H and O–H groups in total. The van der Waals surface area contributed by atoms with Gasteiger partial charge in [-0.2, -0.15) is 0 Å². The van der Waals surface area contributed by atoms with E-state index in [1.165, 1.54) is 7.11 Å². The van der Waals surface area contributed by atoms with Gasteiger partial charge in [-0.05, 0) is 23.3 Å². The lowest BCUT2D eigenvalue weighted by molar-refractivity contribution is 0.0600. The Hall–Kier alpha value is -4.31. The lowest BCUT2D eigenvalue weighted by Gasteiger charge is -2.12. The van der Waals surface area contributed by atoms with Crippen LogP contribution >= 0.6 is 0 Å². The number of hydrogen-bond donors (Lipinski definition) is 0. The molecule has 0 unspecified atom stereocenters. The molecular weight excluding hydrogens is 400 g/mol. The highest BCUT2D eigenvalue weighted by atomic mass is 16.5. The van der Waals surface area contributed by atoms with E-state index in [4.69, 9.17) is 4.74 Å². The van der Waals surface area contributed by atoms with Crippen molar-refractivity contribution in [2.45, 2.75) is 0 Å². The van der Waals surface area contributed by atoms with E-state index in [9.17, 15) is 14.4 Å². The fourth-order valence-electron chi connectivity index (χ4n) is 3.53. The molecule has 0 radical (unpaired) electrons. The molecule has 0 saturated carbocycles. The lowest BCUT2D eigenvalue weighted by atomic mass is 9.91. The first kappa shape index (κ1) is 20.9. The molecule has 32 heavy (non-hydrogen) atoms. The smallest absolute Gasteiger partial charge is 0.337 e. The number of esters is 1. The van der Waals surface area contributed by atoms with Crippen LogP contribution in [0.15, 0.2) is 103 Å². The van der Waals surface area contributed by atoms with Crippen LogP contribution in [-0.4, -0.2) is 24.6 Å². The van der Waals surface area contributed by atoms with Crippen molar-refractivity contribution >= 4 is 17.5 Å². The summed E-state index contributed by atoms with van der Waals surface area (Å²) >= 11 is 0. The van der Waals surface area contributed by atoms with Gasteiger partial charge in [-0.1, -0.05) is 91.0 Å². The number of ketones is 2. The predicted octanol–water partition coefficient (Wildman–Crippen LogP) is 5.60. The third-order valence-corrected chi connectivity index (χ3v) is 5.22. The molecule has 0 spiro atoms. The largest absolute Gasteiger partial charge is 0.465 e. The van der Waals surface area contributed by atoms with E-state index in [1.54, 1.807) is 66.7 Å². The number of hydrogen-bond acceptors (Lipinski definition) is 4. The first-order valence-electron chi connectivity index (χ1n) is 10.1. The second-order valence-electron chi connectivity index (χ2n) is 7.22. The fourth-order valence-corrected chi connectivity index (χ4v) is 3.53. The summed E-state index contributed by atoms with van der Waals surface area (Å²) < 4.78 is 4.82. The van der Waals surface area contributed by atoms with E-state index in [0.29, 0.717) is 33.4 Å². The molecule has 156 valence electrons. The van der Waals surface area contributed by atoms with E-state index in [2.05, 4.69) is 0 Å². The minimum absolute atomic E-state index is 0.0706. The van der Waals surface area contributed by atoms with Crippen LogP contribution in [0.2, 0.25) is 0 Å². The summed E-state index contributed by atoms with van der Waals surface area (Å²) in [7, 11) is 1.30. The Morgan fingerprint density at radius 3 is 1.62 bits per heavy atom. The van der Waals surface area contributed by atoms with Crippen molar-refractivity contribution in [2.75, 3.05) is 7.11 Å². The van der Waals surface area contributed by atoms with Gasteiger partial charge in [-0.15, -0.1) is 0 Å². The Bertz CT molecular complexity index is 1270. The molecule has 4 nitrogen and oxygen atoms in total. The number of carbonyl (C=O) groups excluding carboxylic acids is 3. The summed E-state index contributed by atoms with van der Waals surface area (Å²) in [5.74, 6) is -0.781. The summed E-state index contributed by atoms with van der Waals surface area (Å²) in [5, 5.41) is 0. The number of rotatable bonds is 6. The maximum Gasteiger partial charge on any atom is 0.337 e. The van der Waals surface area contributed by atoms with Crippen molar-refractivity contribution in [3.05, 3.63) is 131 Å². The third kappa shape index (κ3) is 4.25. The average Bonchev–Trinajstić information content (AvgIpc) is 2.88. The number of methoxy groups -OCH3 is 1. The Labute approximate surface area is 186 Å². The van der Waals surface area contributed by atoms with Gasteiger partial charge in [0.05, 0.1) is 12.7 Å². The highest BCUT2D eigenvalue weighted by Crippen LogP contribution is 2.28. The van der Waals surface area contributed by atoms with Gasteiger partial charge < -0.3 is 4.74 Å². The molecule has 0 fully saturated rings. The second kappa shape index (κ2) is 9.23. The maximum atomic E-state index is 13.3. The van der Waals surface area contributed by atoms with E-state index in [1.807, 2.05) is 36.4 Å². The summed E-state index contributed by atoms with van der Waals surface area (Å²) in [6.45, 7) is 0. The normalized spacial score (nSPS) is 10.4. The van der Waals surface area contributed by atoms with E-state index >= 15 is 0 Å². The summed E-state index contributed by atoms with van der Waals surface area (Å²) in [6, 6.07) is 30.0. The number of carbonyl (C=O) groups is 3. The van der Waals surface area contributed by atoms with Gasteiger partial charge in [0, 0.05) is 22.3 Å². The van der Waals surface area contributed by atoms with Crippen LogP contribution < -0.4 is 0 Å². The Balaban J connectivity index is 1.75. The SMILES string of the molecule is COC(=O)c1ccc(-c2ccc(C(=O)c3ccccc3)cc2)c(C(=O)c2ccccc2)c1. The predicted molar refractivity (Wildman–Crippen MR) is 123 cm³/mol. The highest BCUT2D eigenvalue weighted by Gasteiger charge is 2.18. The van der Waals surface area contributed by atoms with Crippen LogP contribution in [-0.2, 0) is 4.74 Å². The second-order valence-corrected chi connectivity index (χ2v) is 7.22. The van der Waals surface area contributed by atoms with Gasteiger partial charge >= 0.3 is 5.97 Å². The molecule has 0 aromatic heterocycles. The minimum Gasteiger partial charge on any atom is -0.465 e. The van der Waals surface area contributed by atoms with Crippen LogP contribution in [0.4, 0.5) is 0 Å². The molecule has 0 heterocycles. The minimum atomic E-state index is -0.512.